The van der Waals surface area contributed by atoms with Crippen LogP contribution in [0.15, 0.2) is 0 Å². The predicted octanol–water partition coefficient (Wildman–Crippen LogP) is 1.14. The molecule has 3 fully saturated rings. The summed E-state index contributed by atoms with van der Waals surface area (Å²) < 4.78 is 11.9. The number of hydrogen-bond donors (Lipinski definition) is 1. The van der Waals surface area contributed by atoms with Crippen LogP contribution in [0.25, 0.3) is 0 Å². The summed E-state index contributed by atoms with van der Waals surface area (Å²) in [5.41, 5.74) is 6.08. The van der Waals surface area contributed by atoms with Crippen molar-refractivity contribution in [2.24, 2.45) is 5.73 Å². The Hall–Kier alpha value is -0.160. The molecule has 0 bridgehead atoms. The molecule has 0 amide bonds. The summed E-state index contributed by atoms with van der Waals surface area (Å²) in [7, 11) is 0. The second-order valence-electron chi connectivity index (χ2n) is 6.13. The maximum atomic E-state index is 6.38. The third kappa shape index (κ3) is 2.57. The van der Waals surface area contributed by atoms with Gasteiger partial charge in [0.1, 0.15) is 0 Å². The van der Waals surface area contributed by atoms with Crippen LogP contribution in [-0.4, -0.2) is 55.5 Å². The van der Waals surface area contributed by atoms with Crippen LogP contribution in [0.2, 0.25) is 0 Å². The molecule has 1 saturated carbocycles. The molecule has 0 radical (unpaired) electrons. The Morgan fingerprint density at radius 3 is 2.83 bits per heavy atom. The van der Waals surface area contributed by atoms with Gasteiger partial charge < -0.3 is 15.2 Å². The van der Waals surface area contributed by atoms with Gasteiger partial charge in [-0.2, -0.15) is 0 Å². The molecule has 2 N–H and O–H groups in total. The summed E-state index contributed by atoms with van der Waals surface area (Å²) in [6.07, 6.45) is 8.21. The fourth-order valence-electron chi connectivity index (χ4n) is 3.82. The van der Waals surface area contributed by atoms with Crippen molar-refractivity contribution in [1.29, 1.82) is 0 Å². The predicted molar refractivity (Wildman–Crippen MR) is 70.5 cm³/mol. The van der Waals surface area contributed by atoms with Crippen molar-refractivity contribution in [3.63, 3.8) is 0 Å². The Morgan fingerprint density at radius 1 is 1.22 bits per heavy atom. The van der Waals surface area contributed by atoms with E-state index in [4.69, 9.17) is 15.2 Å². The van der Waals surface area contributed by atoms with Crippen LogP contribution in [0.5, 0.6) is 0 Å². The first-order valence-corrected chi connectivity index (χ1v) is 7.51. The van der Waals surface area contributed by atoms with Gasteiger partial charge in [-0.25, -0.2) is 0 Å². The van der Waals surface area contributed by atoms with E-state index in [1.54, 1.807) is 0 Å². The molecule has 2 aliphatic heterocycles. The standard InChI is InChI=1S/C14H26N2O2/c15-9-12-11-17-8-7-16(12)10-13-3-6-14(18-13)4-1-2-5-14/h12-13H,1-11,15H2. The van der Waals surface area contributed by atoms with Crippen LogP contribution in [0.4, 0.5) is 0 Å². The van der Waals surface area contributed by atoms with E-state index < -0.39 is 0 Å². The van der Waals surface area contributed by atoms with Crippen LogP contribution >= 0.6 is 0 Å². The lowest BCUT2D eigenvalue weighted by atomic mass is 9.98. The molecule has 18 heavy (non-hydrogen) atoms. The highest BCUT2D eigenvalue weighted by atomic mass is 16.5. The summed E-state index contributed by atoms with van der Waals surface area (Å²) in [6, 6.07) is 0.391. The number of nitrogens with zero attached hydrogens (tertiary/aromatic N) is 1. The summed E-state index contributed by atoms with van der Waals surface area (Å²) in [4.78, 5) is 2.47. The van der Waals surface area contributed by atoms with E-state index in [1.165, 1.54) is 38.5 Å². The molecule has 2 heterocycles. The first-order chi connectivity index (χ1) is 8.81. The Balaban J connectivity index is 1.53. The third-order valence-electron chi connectivity index (χ3n) is 4.91. The third-order valence-corrected chi connectivity index (χ3v) is 4.91. The lowest BCUT2D eigenvalue weighted by Gasteiger charge is -2.36. The quantitative estimate of drug-likeness (QED) is 0.820. The van der Waals surface area contributed by atoms with E-state index in [9.17, 15) is 0 Å². The highest BCUT2D eigenvalue weighted by Crippen LogP contribution is 2.43. The number of ether oxygens (including phenoxy) is 2. The summed E-state index contributed by atoms with van der Waals surface area (Å²) in [5.74, 6) is 0. The van der Waals surface area contributed by atoms with Crippen molar-refractivity contribution >= 4 is 0 Å². The molecule has 0 aromatic carbocycles. The smallest absolute Gasteiger partial charge is 0.0710 e. The molecule has 1 spiro atoms. The molecule has 2 unspecified atom stereocenters. The minimum absolute atomic E-state index is 0.259. The number of morpholine rings is 1. The summed E-state index contributed by atoms with van der Waals surface area (Å²) in [5, 5.41) is 0. The maximum Gasteiger partial charge on any atom is 0.0710 e. The molecule has 4 heteroatoms. The van der Waals surface area contributed by atoms with Gasteiger partial charge in [0.25, 0.3) is 0 Å². The lowest BCUT2D eigenvalue weighted by molar-refractivity contribution is -0.0700. The Morgan fingerprint density at radius 2 is 2.06 bits per heavy atom. The average molecular weight is 254 g/mol. The van der Waals surface area contributed by atoms with Crippen LogP contribution in [0.3, 0.4) is 0 Å². The second kappa shape index (κ2) is 5.45. The molecule has 4 nitrogen and oxygen atoms in total. The molecular formula is C14H26N2O2. The largest absolute Gasteiger partial charge is 0.378 e. The van der Waals surface area contributed by atoms with Crippen molar-refractivity contribution in [1.82, 2.24) is 4.90 Å². The topological polar surface area (TPSA) is 47.7 Å². The minimum atomic E-state index is 0.259. The van der Waals surface area contributed by atoms with Gasteiger partial charge in [-0.3, -0.25) is 4.90 Å². The molecule has 2 atom stereocenters. The molecule has 2 saturated heterocycles. The highest BCUT2D eigenvalue weighted by molar-refractivity contribution is 4.94. The van der Waals surface area contributed by atoms with Crippen LogP contribution in [-0.2, 0) is 9.47 Å². The van der Waals surface area contributed by atoms with Gasteiger partial charge in [0, 0.05) is 25.7 Å². The number of rotatable bonds is 3. The zero-order valence-electron chi connectivity index (χ0n) is 11.3. The first-order valence-electron chi connectivity index (χ1n) is 7.51. The van der Waals surface area contributed by atoms with Gasteiger partial charge in [0.05, 0.1) is 24.9 Å². The van der Waals surface area contributed by atoms with E-state index in [0.29, 0.717) is 18.7 Å². The van der Waals surface area contributed by atoms with Crippen molar-refractivity contribution in [2.45, 2.75) is 56.3 Å². The summed E-state index contributed by atoms with van der Waals surface area (Å²) >= 11 is 0. The van der Waals surface area contributed by atoms with Gasteiger partial charge in [0.15, 0.2) is 0 Å². The van der Waals surface area contributed by atoms with Gasteiger partial charge >= 0.3 is 0 Å². The van der Waals surface area contributed by atoms with Crippen LogP contribution in [0, 0.1) is 0 Å². The molecule has 3 aliphatic rings. The normalized spacial score (nSPS) is 36.5. The minimum Gasteiger partial charge on any atom is -0.378 e. The van der Waals surface area contributed by atoms with Gasteiger partial charge in [-0.1, -0.05) is 12.8 Å². The molecule has 0 aromatic rings. The molecular weight excluding hydrogens is 228 g/mol. The number of hydrogen-bond acceptors (Lipinski definition) is 4. The molecule has 104 valence electrons. The monoisotopic (exact) mass is 254 g/mol. The SMILES string of the molecule is NCC1COCCN1CC1CCC2(CCCC2)O1. The Labute approximate surface area is 110 Å². The maximum absolute atomic E-state index is 6.38. The van der Waals surface area contributed by atoms with Crippen molar-refractivity contribution < 1.29 is 9.47 Å². The first kappa shape index (κ1) is 12.9. The van der Waals surface area contributed by atoms with E-state index >= 15 is 0 Å². The van der Waals surface area contributed by atoms with Crippen molar-refractivity contribution in [2.75, 3.05) is 32.8 Å². The molecule has 3 rings (SSSR count). The van der Waals surface area contributed by atoms with Gasteiger partial charge in [-0.15, -0.1) is 0 Å². The second-order valence-corrected chi connectivity index (χ2v) is 6.13. The average Bonchev–Trinajstić information content (AvgIpc) is 3.01. The Kier molecular flexibility index (Phi) is 3.89. The zero-order valence-corrected chi connectivity index (χ0v) is 11.3. The molecule has 0 aromatic heterocycles. The van der Waals surface area contributed by atoms with Gasteiger partial charge in [-0.05, 0) is 25.7 Å². The van der Waals surface area contributed by atoms with E-state index in [2.05, 4.69) is 4.90 Å². The fourth-order valence-corrected chi connectivity index (χ4v) is 3.82. The van der Waals surface area contributed by atoms with E-state index in [0.717, 1.165) is 26.3 Å². The fraction of sp³-hybridized carbons (Fsp3) is 1.00. The highest BCUT2D eigenvalue weighted by Gasteiger charge is 2.42. The Bertz CT molecular complexity index is 279. The van der Waals surface area contributed by atoms with Gasteiger partial charge in [0.2, 0.25) is 0 Å². The van der Waals surface area contributed by atoms with Crippen LogP contribution < -0.4 is 5.73 Å². The van der Waals surface area contributed by atoms with E-state index in [1.807, 2.05) is 0 Å². The molecule has 1 aliphatic carbocycles. The van der Waals surface area contributed by atoms with E-state index in [-0.39, 0.29) is 5.60 Å². The zero-order chi connectivity index (χ0) is 12.4. The summed E-state index contributed by atoms with van der Waals surface area (Å²) in [6.45, 7) is 4.38. The number of nitrogens with two attached hydrogens (primary N) is 1. The van der Waals surface area contributed by atoms with Crippen molar-refractivity contribution in [3.8, 4) is 0 Å². The van der Waals surface area contributed by atoms with Crippen molar-refractivity contribution in [3.05, 3.63) is 0 Å². The lowest BCUT2D eigenvalue weighted by Crippen LogP contribution is -2.51. The van der Waals surface area contributed by atoms with Crippen LogP contribution in [0.1, 0.15) is 38.5 Å².